The summed E-state index contributed by atoms with van der Waals surface area (Å²) in [6.45, 7) is 3.44. The van der Waals surface area contributed by atoms with Crippen LogP contribution in [0.25, 0.3) is 11.2 Å². The van der Waals surface area contributed by atoms with Gasteiger partial charge in [-0.05, 0) is 50.6 Å². The highest BCUT2D eigenvalue weighted by Gasteiger charge is 2.27. The molecular weight excluding hydrogens is 540 g/mol. The Labute approximate surface area is 234 Å². The number of nitriles is 1. The summed E-state index contributed by atoms with van der Waals surface area (Å²) in [5, 5.41) is 9.54. The molecule has 2 aliphatic rings. The van der Waals surface area contributed by atoms with Crippen LogP contribution in [0.2, 0.25) is 5.02 Å². The molecule has 0 bridgehead atoms. The van der Waals surface area contributed by atoms with E-state index in [0.717, 1.165) is 56.6 Å². The van der Waals surface area contributed by atoms with E-state index in [1.54, 1.807) is 18.3 Å². The van der Waals surface area contributed by atoms with Gasteiger partial charge in [0.05, 0.1) is 31.0 Å². The summed E-state index contributed by atoms with van der Waals surface area (Å²) in [7, 11) is 0. The van der Waals surface area contributed by atoms with Crippen LogP contribution in [-0.4, -0.2) is 55.2 Å². The summed E-state index contributed by atoms with van der Waals surface area (Å²) in [5.74, 6) is 0.0130. The monoisotopic (exact) mass is 565 g/mol. The van der Waals surface area contributed by atoms with E-state index >= 15 is 0 Å². The van der Waals surface area contributed by atoms with Crippen LogP contribution in [0.5, 0.6) is 5.88 Å². The van der Waals surface area contributed by atoms with Crippen molar-refractivity contribution in [3.63, 3.8) is 0 Å². The minimum Gasteiger partial charge on any atom is -0.471 e. The van der Waals surface area contributed by atoms with E-state index in [9.17, 15) is 14.0 Å². The maximum atomic E-state index is 14.4. The van der Waals surface area contributed by atoms with Gasteiger partial charge >= 0.3 is 0 Å². The van der Waals surface area contributed by atoms with Gasteiger partial charge in [0.2, 0.25) is 5.82 Å². The first kappa shape index (κ1) is 26.5. The molecule has 1 aromatic carbocycles. The van der Waals surface area contributed by atoms with Crippen LogP contribution < -0.4 is 4.74 Å². The summed E-state index contributed by atoms with van der Waals surface area (Å²) in [6.07, 6.45) is 5.38. The molecule has 2 saturated heterocycles. The molecule has 2 aliphatic heterocycles. The Bertz CT molecular complexity index is 1580. The zero-order valence-corrected chi connectivity index (χ0v) is 22.3. The normalized spacial score (nSPS) is 18.0. The number of rotatable bonds is 8. The van der Waals surface area contributed by atoms with E-state index in [0.29, 0.717) is 30.0 Å². The molecular formula is C28H26ClF2N7O2. The lowest BCUT2D eigenvalue weighted by molar-refractivity contribution is -0.0593. The van der Waals surface area contributed by atoms with Crippen LogP contribution in [0.4, 0.5) is 8.78 Å². The quantitative estimate of drug-likeness (QED) is 0.301. The number of hydrogen-bond acceptors (Lipinski definition) is 8. The smallest absolute Gasteiger partial charge is 0.254 e. The summed E-state index contributed by atoms with van der Waals surface area (Å²) >= 11 is 5.80. The molecule has 0 radical (unpaired) electrons. The fraction of sp³-hybridized carbons (Fsp3) is 0.393. The van der Waals surface area contributed by atoms with Gasteiger partial charge in [-0.2, -0.15) is 14.6 Å². The number of likely N-dealkylation sites (tertiary alicyclic amines) is 1. The Morgan fingerprint density at radius 3 is 2.62 bits per heavy atom. The molecule has 0 amide bonds. The van der Waals surface area contributed by atoms with E-state index < -0.39 is 11.6 Å². The van der Waals surface area contributed by atoms with Crippen molar-refractivity contribution in [3.8, 4) is 11.9 Å². The van der Waals surface area contributed by atoms with Crippen LogP contribution in [0, 0.1) is 23.0 Å². The zero-order chi connectivity index (χ0) is 27.6. The Hall–Kier alpha value is -3.72. The third-order valence-corrected chi connectivity index (χ3v) is 7.64. The molecule has 6 rings (SSSR count). The number of pyridine rings is 1. The van der Waals surface area contributed by atoms with Crippen LogP contribution in [0.15, 0.2) is 36.7 Å². The molecule has 0 aliphatic carbocycles. The van der Waals surface area contributed by atoms with Crippen molar-refractivity contribution < 1.29 is 18.3 Å². The topological polar surface area (TPSA) is 102 Å². The van der Waals surface area contributed by atoms with Crippen molar-refractivity contribution in [2.45, 2.75) is 51.0 Å². The third-order valence-electron chi connectivity index (χ3n) is 7.40. The number of aromatic nitrogens is 5. The fourth-order valence-corrected chi connectivity index (χ4v) is 5.22. The van der Waals surface area contributed by atoms with E-state index in [1.165, 1.54) is 12.1 Å². The molecule has 2 fully saturated rings. The minimum atomic E-state index is -0.696. The maximum Gasteiger partial charge on any atom is 0.254 e. The fourth-order valence-electron chi connectivity index (χ4n) is 5.06. The molecule has 1 atom stereocenters. The average Bonchev–Trinajstić information content (AvgIpc) is 3.27. The Morgan fingerprint density at radius 2 is 1.90 bits per heavy atom. The largest absolute Gasteiger partial charge is 0.471 e. The zero-order valence-electron chi connectivity index (χ0n) is 21.6. The number of ether oxygens (including phenoxy) is 2. The number of fused-ring (bicyclic) bond motifs is 1. The number of imidazole rings is 1. The summed E-state index contributed by atoms with van der Waals surface area (Å²) in [5.41, 5.74) is 2.19. The summed E-state index contributed by atoms with van der Waals surface area (Å²) < 4.78 is 41.8. The highest BCUT2D eigenvalue weighted by molar-refractivity contribution is 6.30. The van der Waals surface area contributed by atoms with Crippen molar-refractivity contribution in [2.24, 2.45) is 0 Å². The van der Waals surface area contributed by atoms with Gasteiger partial charge < -0.3 is 14.0 Å². The lowest BCUT2D eigenvalue weighted by Crippen LogP contribution is -2.35. The summed E-state index contributed by atoms with van der Waals surface area (Å²) in [4.78, 5) is 20.2. The molecule has 3 aromatic heterocycles. The summed E-state index contributed by atoms with van der Waals surface area (Å²) in [6, 6.07) is 8.13. The van der Waals surface area contributed by atoms with Crippen LogP contribution in [0.3, 0.4) is 0 Å². The molecule has 5 heterocycles. The van der Waals surface area contributed by atoms with Crippen LogP contribution in [-0.2, 0) is 24.4 Å². The number of piperidine rings is 1. The molecule has 0 saturated carbocycles. The molecule has 206 valence electrons. The van der Waals surface area contributed by atoms with Crippen molar-refractivity contribution in [1.29, 1.82) is 5.26 Å². The maximum absolute atomic E-state index is 14.4. The third kappa shape index (κ3) is 5.61. The van der Waals surface area contributed by atoms with Gasteiger partial charge in [0.1, 0.15) is 35.7 Å². The Morgan fingerprint density at radius 1 is 1.07 bits per heavy atom. The van der Waals surface area contributed by atoms with E-state index in [-0.39, 0.29) is 35.1 Å². The SMILES string of the molecule is N#Cc1cnc2c(c1)nc(CN1CCC(c3ncc(F)c(OCc4ccc(Cl)cc4F)n3)CC1)n2CC1CCO1. The van der Waals surface area contributed by atoms with Crippen molar-refractivity contribution >= 4 is 22.8 Å². The first-order valence-electron chi connectivity index (χ1n) is 13.1. The van der Waals surface area contributed by atoms with Crippen molar-refractivity contribution in [3.05, 3.63) is 76.1 Å². The number of hydrogen-bond donors (Lipinski definition) is 0. The van der Waals surface area contributed by atoms with Crippen LogP contribution in [0.1, 0.15) is 48.0 Å². The molecule has 0 spiro atoms. The van der Waals surface area contributed by atoms with Gasteiger partial charge in [0.15, 0.2) is 5.65 Å². The first-order valence-corrected chi connectivity index (χ1v) is 13.5. The van der Waals surface area contributed by atoms with Crippen molar-refractivity contribution in [2.75, 3.05) is 19.7 Å². The number of benzene rings is 1. The van der Waals surface area contributed by atoms with Gasteiger partial charge in [-0.3, -0.25) is 4.90 Å². The molecule has 4 aromatic rings. The van der Waals surface area contributed by atoms with Crippen LogP contribution >= 0.6 is 11.6 Å². The lowest BCUT2D eigenvalue weighted by Gasteiger charge is -2.32. The number of halogens is 3. The van der Waals surface area contributed by atoms with Gasteiger partial charge in [-0.15, -0.1) is 0 Å². The molecule has 1 unspecified atom stereocenters. The minimum absolute atomic E-state index is 0.0357. The predicted octanol–water partition coefficient (Wildman–Crippen LogP) is 4.77. The average molecular weight is 566 g/mol. The van der Waals surface area contributed by atoms with Gasteiger partial charge in [-0.25, -0.2) is 19.3 Å². The van der Waals surface area contributed by atoms with Gasteiger partial charge in [0.25, 0.3) is 5.88 Å². The Balaban J connectivity index is 1.12. The first-order chi connectivity index (χ1) is 19.5. The highest BCUT2D eigenvalue weighted by Crippen LogP contribution is 2.29. The molecule has 12 heteroatoms. The standard InChI is InChI=1S/C28H26ClF2N7O2/c29-20-2-1-19(22(30)10-20)16-40-28-23(31)13-33-26(36-28)18-3-6-37(7-4-18)15-25-35-24-9-17(11-32)12-34-27(24)38(25)14-21-5-8-39-21/h1-2,9-10,12-13,18,21H,3-8,14-16H2. The lowest BCUT2D eigenvalue weighted by atomic mass is 9.96. The van der Waals surface area contributed by atoms with Crippen molar-refractivity contribution in [1.82, 2.24) is 29.4 Å². The second-order valence-corrected chi connectivity index (χ2v) is 10.5. The molecule has 0 N–H and O–H groups in total. The second kappa shape index (κ2) is 11.4. The highest BCUT2D eigenvalue weighted by atomic mass is 35.5. The van der Waals surface area contributed by atoms with E-state index in [1.807, 2.05) is 0 Å². The number of nitrogens with zero attached hydrogens (tertiary/aromatic N) is 7. The molecule has 9 nitrogen and oxygen atoms in total. The predicted molar refractivity (Wildman–Crippen MR) is 142 cm³/mol. The van der Waals surface area contributed by atoms with Gasteiger partial charge in [-0.1, -0.05) is 17.7 Å². The second-order valence-electron chi connectivity index (χ2n) is 10.1. The molecule has 40 heavy (non-hydrogen) atoms. The van der Waals surface area contributed by atoms with Gasteiger partial charge in [0, 0.05) is 29.3 Å². The Kier molecular flexibility index (Phi) is 7.56. The van der Waals surface area contributed by atoms with E-state index in [4.69, 9.17) is 26.1 Å². The van der Waals surface area contributed by atoms with E-state index in [2.05, 4.69) is 30.5 Å².